The van der Waals surface area contributed by atoms with E-state index >= 15 is 0 Å². The number of esters is 4. The van der Waals surface area contributed by atoms with Crippen LogP contribution in [0.4, 0.5) is 0 Å². The molecule has 0 aliphatic carbocycles. The van der Waals surface area contributed by atoms with Crippen LogP contribution in [-0.4, -0.2) is 97.2 Å². The van der Waals surface area contributed by atoms with Gasteiger partial charge in [-0.05, 0) is 27.7 Å². The molecule has 0 fully saturated rings. The molecule has 0 unspecified atom stereocenters. The number of carbonyl (C=O) groups excluding carboxylic acids is 4. The van der Waals surface area contributed by atoms with Gasteiger partial charge in [-0.2, -0.15) is 0 Å². The number of ether oxygens (including phenoxy) is 4. The van der Waals surface area contributed by atoms with E-state index in [1.807, 2.05) is 0 Å². The summed E-state index contributed by atoms with van der Waals surface area (Å²) in [6.45, 7) is 19.3. The maximum Gasteiger partial charge on any atom is 0.333 e. The van der Waals surface area contributed by atoms with Crippen molar-refractivity contribution in [3.63, 3.8) is 0 Å². The van der Waals surface area contributed by atoms with E-state index in [0.29, 0.717) is 22.3 Å². The number of rotatable bonds is 12. The van der Waals surface area contributed by atoms with Gasteiger partial charge in [0, 0.05) is 44.0 Å². The van der Waals surface area contributed by atoms with E-state index in [2.05, 4.69) is 45.3 Å². The zero-order chi connectivity index (χ0) is 29.1. The molecule has 0 atom stereocenters. The van der Waals surface area contributed by atoms with E-state index < -0.39 is 23.9 Å². The van der Waals surface area contributed by atoms with Gasteiger partial charge in [-0.25, -0.2) is 19.2 Å². The van der Waals surface area contributed by atoms with Crippen LogP contribution < -0.4 is 0 Å². The van der Waals surface area contributed by atoms with Crippen LogP contribution in [0.2, 0.25) is 0 Å². The summed E-state index contributed by atoms with van der Waals surface area (Å²) in [7, 11) is 0. The Labute approximate surface area is 233 Å². The molecule has 0 bridgehead atoms. The summed E-state index contributed by atoms with van der Waals surface area (Å²) >= 11 is 0. The fraction of sp³-hybridized carbons (Fsp3) is 0.500. The Morgan fingerprint density at radius 2 is 0.595 bits per heavy atom. The van der Waals surface area contributed by atoms with Crippen molar-refractivity contribution in [1.82, 2.24) is 0 Å². The maximum atomic E-state index is 10.5. The standard InChI is InChI=1S/4C6H10O3.Ti/c4*1-5(2)6(8)9-4-3-7;/h4*7H,1,3-4H2,2H3;. The van der Waals surface area contributed by atoms with Gasteiger partial charge in [0.05, 0.1) is 26.4 Å². The molecule has 0 saturated carbocycles. The van der Waals surface area contributed by atoms with Gasteiger partial charge in [0.2, 0.25) is 0 Å². The third-order valence-electron chi connectivity index (χ3n) is 2.69. The third-order valence-corrected chi connectivity index (χ3v) is 2.69. The Balaban J connectivity index is -0.000000122. The minimum atomic E-state index is -0.455. The Morgan fingerprint density at radius 1 is 0.459 bits per heavy atom. The van der Waals surface area contributed by atoms with Gasteiger partial charge in [-0.3, -0.25) is 0 Å². The predicted molar refractivity (Wildman–Crippen MR) is 131 cm³/mol. The van der Waals surface area contributed by atoms with Crippen LogP contribution in [-0.2, 0) is 59.8 Å². The molecule has 0 aliphatic heterocycles. The van der Waals surface area contributed by atoms with Crippen LogP contribution in [0.3, 0.4) is 0 Å². The van der Waals surface area contributed by atoms with E-state index in [1.54, 1.807) is 27.7 Å². The second-order valence-electron chi connectivity index (χ2n) is 6.56. The Kier molecular flexibility index (Phi) is 37.7. The van der Waals surface area contributed by atoms with Gasteiger partial charge in [0.1, 0.15) is 26.4 Å². The minimum absolute atomic E-state index is 0. The van der Waals surface area contributed by atoms with Crippen molar-refractivity contribution in [3.05, 3.63) is 48.6 Å². The molecule has 37 heavy (non-hydrogen) atoms. The monoisotopic (exact) mass is 568 g/mol. The molecule has 0 radical (unpaired) electrons. The van der Waals surface area contributed by atoms with Gasteiger partial charge in [0.25, 0.3) is 0 Å². The largest absolute Gasteiger partial charge is 0.460 e. The first-order chi connectivity index (χ1) is 16.7. The summed E-state index contributed by atoms with van der Waals surface area (Å²) in [5.41, 5.74) is 1.40. The summed E-state index contributed by atoms with van der Waals surface area (Å²) in [4.78, 5) is 41.9. The van der Waals surface area contributed by atoms with E-state index in [4.69, 9.17) is 20.4 Å². The summed E-state index contributed by atoms with van der Waals surface area (Å²) in [6.07, 6.45) is 0. The van der Waals surface area contributed by atoms with Crippen molar-refractivity contribution >= 4 is 23.9 Å². The molecule has 0 saturated heterocycles. The van der Waals surface area contributed by atoms with Crippen molar-refractivity contribution in [1.29, 1.82) is 0 Å². The zero-order valence-electron chi connectivity index (χ0n) is 22.0. The molecule has 13 heteroatoms. The van der Waals surface area contributed by atoms with Gasteiger partial charge in [-0.15, -0.1) is 0 Å². The summed E-state index contributed by atoms with van der Waals surface area (Å²) in [6, 6.07) is 0. The second-order valence-corrected chi connectivity index (χ2v) is 6.56. The van der Waals surface area contributed by atoms with Gasteiger partial charge < -0.3 is 39.4 Å². The Morgan fingerprint density at radius 3 is 0.676 bits per heavy atom. The fourth-order valence-electron chi connectivity index (χ4n) is 1.05. The smallest absolute Gasteiger partial charge is 0.333 e. The molecule has 0 aliphatic rings. The molecule has 0 amide bonds. The van der Waals surface area contributed by atoms with Gasteiger partial charge in [-0.1, -0.05) is 26.3 Å². The summed E-state index contributed by atoms with van der Waals surface area (Å²) in [5, 5.41) is 32.8. The van der Waals surface area contributed by atoms with Gasteiger partial charge >= 0.3 is 23.9 Å². The molecule has 0 rings (SSSR count). The van der Waals surface area contributed by atoms with Crippen LogP contribution in [0, 0.1) is 0 Å². The molecule has 0 aromatic carbocycles. The number of hydrogen-bond acceptors (Lipinski definition) is 12. The molecular weight excluding hydrogens is 528 g/mol. The van der Waals surface area contributed by atoms with Crippen LogP contribution in [0.1, 0.15) is 27.7 Å². The molecule has 0 heterocycles. The quantitative estimate of drug-likeness (QED) is 0.110. The fourth-order valence-corrected chi connectivity index (χ4v) is 1.05. The first-order valence-electron chi connectivity index (χ1n) is 10.5. The molecule has 0 aromatic heterocycles. The van der Waals surface area contributed by atoms with Crippen LogP contribution in [0.5, 0.6) is 0 Å². The molecule has 0 spiro atoms. The van der Waals surface area contributed by atoms with Crippen molar-refractivity contribution in [2.75, 3.05) is 52.9 Å². The number of hydrogen-bond donors (Lipinski definition) is 4. The first-order valence-corrected chi connectivity index (χ1v) is 10.5. The molecule has 12 nitrogen and oxygen atoms in total. The summed E-state index contributed by atoms with van der Waals surface area (Å²) in [5.74, 6) is -1.82. The molecular formula is C24H40O12Ti. The molecule has 0 aromatic rings. The maximum absolute atomic E-state index is 10.5. The Hall–Kier alpha value is -2.61. The second kappa shape index (κ2) is 31.4. The van der Waals surface area contributed by atoms with Crippen molar-refractivity contribution < 1.29 is 80.3 Å². The number of aliphatic hydroxyl groups excluding tert-OH is 4. The predicted octanol–water partition coefficient (Wildman–Crippen LogP) is 0.390. The van der Waals surface area contributed by atoms with Crippen LogP contribution in [0.25, 0.3) is 0 Å². The normalized spacial score (nSPS) is 8.43. The van der Waals surface area contributed by atoms with Crippen molar-refractivity contribution in [3.8, 4) is 0 Å². The topological polar surface area (TPSA) is 186 Å². The van der Waals surface area contributed by atoms with Crippen molar-refractivity contribution in [2.24, 2.45) is 0 Å². The van der Waals surface area contributed by atoms with E-state index in [-0.39, 0.29) is 74.6 Å². The average Bonchev–Trinajstić information content (AvgIpc) is 2.83. The molecule has 212 valence electrons. The van der Waals surface area contributed by atoms with E-state index in [0.717, 1.165) is 0 Å². The first kappa shape index (κ1) is 44.4. The number of carbonyl (C=O) groups is 4. The number of aliphatic hydroxyl groups is 4. The van der Waals surface area contributed by atoms with Crippen LogP contribution >= 0.6 is 0 Å². The summed E-state index contributed by atoms with van der Waals surface area (Å²) < 4.78 is 17.9. The van der Waals surface area contributed by atoms with Gasteiger partial charge in [0.15, 0.2) is 0 Å². The van der Waals surface area contributed by atoms with E-state index in [9.17, 15) is 19.2 Å². The SMILES string of the molecule is C=C(C)C(=O)OCCO.C=C(C)C(=O)OCCO.C=C(C)C(=O)OCCO.C=C(C)C(=O)OCCO.[Ti]. The zero-order valence-corrected chi connectivity index (χ0v) is 23.6. The third kappa shape index (κ3) is 38.1. The van der Waals surface area contributed by atoms with Crippen LogP contribution in [0.15, 0.2) is 48.6 Å². The minimum Gasteiger partial charge on any atom is -0.460 e. The average molecular weight is 568 g/mol. The van der Waals surface area contributed by atoms with Crippen molar-refractivity contribution in [2.45, 2.75) is 27.7 Å². The molecule has 4 N–H and O–H groups in total. The Bertz CT molecular complexity index is 597. The van der Waals surface area contributed by atoms with E-state index in [1.165, 1.54) is 0 Å².